The maximum absolute atomic E-state index is 9.76. The Morgan fingerprint density at radius 1 is 1.16 bits per heavy atom. The van der Waals surface area contributed by atoms with E-state index >= 15 is 0 Å². The molecule has 1 aromatic rings. The highest BCUT2D eigenvalue weighted by molar-refractivity contribution is 6.78. The molecule has 1 N–H and O–H groups in total. The highest BCUT2D eigenvalue weighted by Crippen LogP contribution is 2.23. The van der Waals surface area contributed by atoms with Crippen molar-refractivity contribution in [3.05, 3.63) is 35.9 Å². The summed E-state index contributed by atoms with van der Waals surface area (Å²) in [6, 6.07) is 10.1. The topological polar surface area (TPSA) is 38.7 Å². The minimum absolute atomic E-state index is 0.0297. The molecule has 3 atom stereocenters. The van der Waals surface area contributed by atoms with E-state index < -0.39 is 8.07 Å². The molecule has 0 saturated heterocycles. The fourth-order valence-corrected chi connectivity index (χ4v) is 2.73. The number of ether oxygens (including phenoxy) is 2. The fraction of sp³-hybridized carbons (Fsp3) is 0.600. The first kappa shape index (κ1) is 16.4. The van der Waals surface area contributed by atoms with Gasteiger partial charge in [-0.05, 0) is 19.4 Å². The summed E-state index contributed by atoms with van der Waals surface area (Å²) in [7, 11) is -0.0221. The molecule has 0 amide bonds. The summed E-state index contributed by atoms with van der Waals surface area (Å²) in [4.78, 5) is 0. The average Bonchev–Trinajstić information content (AvgIpc) is 2.38. The summed E-state index contributed by atoms with van der Waals surface area (Å²) < 4.78 is 11.5. The highest BCUT2D eigenvalue weighted by Gasteiger charge is 2.29. The molecule has 0 aliphatic heterocycles. The van der Waals surface area contributed by atoms with E-state index in [1.54, 1.807) is 7.11 Å². The maximum atomic E-state index is 9.76. The molecule has 19 heavy (non-hydrogen) atoms. The standard InChI is InChI=1S/C15H26O3Si/c1-12(18-11-19(4,5)13(2)16)15(17-3)14-9-7-6-8-10-14/h6-10,12-13,15-16H,11H2,1-5H3/t12-,13+,15+/m0/s1. The van der Waals surface area contributed by atoms with E-state index in [4.69, 9.17) is 9.47 Å². The molecule has 0 bridgehead atoms. The molecule has 0 fully saturated rings. The lowest BCUT2D eigenvalue weighted by molar-refractivity contribution is -0.0370. The van der Waals surface area contributed by atoms with Crippen LogP contribution in [0.5, 0.6) is 0 Å². The van der Waals surface area contributed by atoms with Crippen LogP contribution in [-0.4, -0.2) is 38.4 Å². The van der Waals surface area contributed by atoms with Crippen LogP contribution in [0.3, 0.4) is 0 Å². The molecule has 1 rings (SSSR count). The average molecular weight is 282 g/mol. The normalized spacial score (nSPS) is 16.9. The van der Waals surface area contributed by atoms with Crippen LogP contribution in [0.4, 0.5) is 0 Å². The van der Waals surface area contributed by atoms with Crippen molar-refractivity contribution in [1.29, 1.82) is 0 Å². The molecule has 1 aromatic carbocycles. The van der Waals surface area contributed by atoms with E-state index in [0.717, 1.165) is 5.56 Å². The quantitative estimate of drug-likeness (QED) is 0.782. The Morgan fingerprint density at radius 2 is 1.74 bits per heavy atom. The number of aliphatic hydroxyl groups is 1. The van der Waals surface area contributed by atoms with Crippen molar-refractivity contribution in [2.24, 2.45) is 0 Å². The van der Waals surface area contributed by atoms with Gasteiger partial charge in [-0.15, -0.1) is 0 Å². The predicted molar refractivity (Wildman–Crippen MR) is 80.8 cm³/mol. The summed E-state index contributed by atoms with van der Waals surface area (Å²) in [6.45, 7) is 8.14. The molecular formula is C15H26O3Si. The van der Waals surface area contributed by atoms with E-state index in [-0.39, 0.29) is 17.9 Å². The molecule has 0 aliphatic carbocycles. The molecule has 0 unspecified atom stereocenters. The van der Waals surface area contributed by atoms with Crippen molar-refractivity contribution < 1.29 is 14.6 Å². The SMILES string of the molecule is CO[C@@H](c1ccccc1)[C@H](C)OC[Si](C)(C)[C@H](C)O. The summed E-state index contributed by atoms with van der Waals surface area (Å²) in [5.74, 6) is 0. The third kappa shape index (κ3) is 4.73. The Morgan fingerprint density at radius 3 is 2.21 bits per heavy atom. The van der Waals surface area contributed by atoms with Crippen molar-refractivity contribution >= 4 is 8.07 Å². The first-order valence-electron chi connectivity index (χ1n) is 6.76. The molecule has 0 aliphatic rings. The van der Waals surface area contributed by atoms with Crippen LogP contribution >= 0.6 is 0 Å². The predicted octanol–water partition coefficient (Wildman–Crippen LogP) is 2.95. The van der Waals surface area contributed by atoms with Crippen molar-refractivity contribution in [2.45, 2.75) is 44.9 Å². The minimum atomic E-state index is -1.73. The lowest BCUT2D eigenvalue weighted by atomic mass is 10.1. The Kier molecular flexibility index (Phi) is 6.20. The zero-order valence-corrected chi connectivity index (χ0v) is 13.6. The van der Waals surface area contributed by atoms with Gasteiger partial charge in [-0.1, -0.05) is 43.4 Å². The van der Waals surface area contributed by atoms with Gasteiger partial charge in [-0.25, -0.2) is 0 Å². The molecule has 4 heteroatoms. The molecule has 108 valence electrons. The molecule has 0 saturated carbocycles. The van der Waals surface area contributed by atoms with Gasteiger partial charge in [-0.3, -0.25) is 0 Å². The Hall–Kier alpha value is -0.683. The Balaban J connectivity index is 2.63. The number of hydrogen-bond acceptors (Lipinski definition) is 3. The Labute approximate surface area is 117 Å². The van der Waals surface area contributed by atoms with Crippen molar-refractivity contribution in [2.75, 3.05) is 13.3 Å². The van der Waals surface area contributed by atoms with Gasteiger partial charge in [0.25, 0.3) is 0 Å². The van der Waals surface area contributed by atoms with Crippen LogP contribution in [0.2, 0.25) is 13.1 Å². The fourth-order valence-electron chi connectivity index (χ4n) is 1.80. The molecule has 0 spiro atoms. The number of rotatable bonds is 7. The molecular weight excluding hydrogens is 256 g/mol. The number of methoxy groups -OCH3 is 1. The smallest absolute Gasteiger partial charge is 0.110 e. The van der Waals surface area contributed by atoms with Gasteiger partial charge in [0.15, 0.2) is 0 Å². The van der Waals surface area contributed by atoms with Gasteiger partial charge in [-0.2, -0.15) is 0 Å². The van der Waals surface area contributed by atoms with Crippen molar-refractivity contribution in [1.82, 2.24) is 0 Å². The van der Waals surface area contributed by atoms with Gasteiger partial charge in [0.2, 0.25) is 0 Å². The van der Waals surface area contributed by atoms with E-state index in [1.807, 2.05) is 44.2 Å². The van der Waals surface area contributed by atoms with Crippen LogP contribution in [0.15, 0.2) is 30.3 Å². The van der Waals surface area contributed by atoms with E-state index in [2.05, 4.69) is 13.1 Å². The van der Waals surface area contributed by atoms with Gasteiger partial charge in [0.05, 0.1) is 6.10 Å². The largest absolute Gasteiger partial charge is 0.397 e. The zero-order valence-electron chi connectivity index (χ0n) is 12.6. The van der Waals surface area contributed by atoms with Crippen LogP contribution in [-0.2, 0) is 9.47 Å². The van der Waals surface area contributed by atoms with Crippen LogP contribution < -0.4 is 0 Å². The Bertz CT molecular complexity index is 365. The van der Waals surface area contributed by atoms with E-state index in [9.17, 15) is 5.11 Å². The molecule has 0 radical (unpaired) electrons. The van der Waals surface area contributed by atoms with Crippen molar-refractivity contribution in [3.8, 4) is 0 Å². The molecule has 3 nitrogen and oxygen atoms in total. The second-order valence-corrected chi connectivity index (χ2v) is 10.8. The zero-order chi connectivity index (χ0) is 14.5. The van der Waals surface area contributed by atoms with Crippen LogP contribution in [0, 0.1) is 0 Å². The monoisotopic (exact) mass is 282 g/mol. The molecule has 0 heterocycles. The third-order valence-electron chi connectivity index (χ3n) is 3.66. The number of benzene rings is 1. The van der Waals surface area contributed by atoms with Crippen LogP contribution in [0.25, 0.3) is 0 Å². The summed E-state index contributed by atoms with van der Waals surface area (Å²) in [5.41, 5.74) is 0.853. The van der Waals surface area contributed by atoms with Gasteiger partial charge in [0.1, 0.15) is 14.2 Å². The summed E-state index contributed by atoms with van der Waals surface area (Å²) in [6.07, 6.45) is 0.538. The van der Waals surface area contributed by atoms with Gasteiger partial charge in [0, 0.05) is 19.1 Å². The van der Waals surface area contributed by atoms with Crippen molar-refractivity contribution in [3.63, 3.8) is 0 Å². The second kappa shape index (κ2) is 7.19. The minimum Gasteiger partial charge on any atom is -0.397 e. The highest BCUT2D eigenvalue weighted by atomic mass is 28.3. The lowest BCUT2D eigenvalue weighted by Crippen LogP contribution is -2.46. The van der Waals surface area contributed by atoms with E-state index in [0.29, 0.717) is 6.23 Å². The van der Waals surface area contributed by atoms with Crippen LogP contribution in [0.1, 0.15) is 25.5 Å². The summed E-state index contributed by atoms with van der Waals surface area (Å²) >= 11 is 0. The second-order valence-electron chi connectivity index (χ2n) is 5.75. The number of hydrogen-bond donors (Lipinski definition) is 1. The first-order chi connectivity index (χ1) is 8.88. The number of aliphatic hydroxyl groups excluding tert-OH is 1. The van der Waals surface area contributed by atoms with Gasteiger partial charge >= 0.3 is 0 Å². The third-order valence-corrected chi connectivity index (χ3v) is 6.83. The first-order valence-corrected chi connectivity index (χ1v) is 10.0. The lowest BCUT2D eigenvalue weighted by Gasteiger charge is -2.30. The van der Waals surface area contributed by atoms with Gasteiger partial charge < -0.3 is 14.6 Å². The summed E-state index contributed by atoms with van der Waals surface area (Å²) in [5, 5.41) is 9.76. The molecule has 0 aromatic heterocycles. The maximum Gasteiger partial charge on any atom is 0.110 e. The van der Waals surface area contributed by atoms with E-state index in [1.165, 1.54) is 0 Å².